The molecule has 0 bridgehead atoms. The van der Waals surface area contributed by atoms with Crippen molar-refractivity contribution in [3.63, 3.8) is 0 Å². The van der Waals surface area contributed by atoms with E-state index in [9.17, 15) is 4.79 Å². The summed E-state index contributed by atoms with van der Waals surface area (Å²) < 4.78 is 0. The molecule has 0 aromatic heterocycles. The van der Waals surface area contributed by atoms with Gasteiger partial charge in [0.15, 0.2) is 0 Å². The molecular weight excluding hydrogens is 324 g/mol. The minimum atomic E-state index is -0.0399. The fourth-order valence-corrected chi connectivity index (χ4v) is 3.60. The normalized spacial score (nSPS) is 19.1. The summed E-state index contributed by atoms with van der Waals surface area (Å²) in [5.74, 6) is 0. The Balaban J connectivity index is 1.44. The quantitative estimate of drug-likeness (QED) is 0.788. The third-order valence-corrected chi connectivity index (χ3v) is 5.79. The van der Waals surface area contributed by atoms with Crippen LogP contribution in [0.1, 0.15) is 50.7 Å². The molecule has 0 unspecified atom stereocenters. The number of nitrogens with one attached hydrogen (secondary N) is 2. The number of amides is 2. The topological polar surface area (TPSA) is 47.6 Å². The molecule has 1 aromatic carbocycles. The lowest BCUT2D eigenvalue weighted by Gasteiger charge is -2.32. The summed E-state index contributed by atoms with van der Waals surface area (Å²) in [5.41, 5.74) is 2.47. The molecular formula is C21H34N4O. The first-order valence-corrected chi connectivity index (χ1v) is 10.1. The molecule has 5 nitrogen and oxygen atoms in total. The second-order valence-electron chi connectivity index (χ2n) is 8.15. The van der Waals surface area contributed by atoms with Crippen LogP contribution in [0.4, 0.5) is 4.79 Å². The minimum absolute atomic E-state index is 0.0399. The van der Waals surface area contributed by atoms with E-state index in [1.165, 1.54) is 24.0 Å². The van der Waals surface area contributed by atoms with Gasteiger partial charge in [0.05, 0.1) is 0 Å². The van der Waals surface area contributed by atoms with E-state index in [0.29, 0.717) is 18.6 Å². The van der Waals surface area contributed by atoms with Gasteiger partial charge >= 0.3 is 6.03 Å². The van der Waals surface area contributed by atoms with Crippen molar-refractivity contribution in [3.8, 4) is 0 Å². The van der Waals surface area contributed by atoms with Gasteiger partial charge in [0, 0.05) is 44.3 Å². The third-order valence-electron chi connectivity index (χ3n) is 5.79. The Bertz CT molecular complexity index is 591. The Morgan fingerprint density at radius 3 is 2.42 bits per heavy atom. The zero-order chi connectivity index (χ0) is 18.5. The average molecular weight is 359 g/mol. The molecule has 1 aromatic rings. The lowest BCUT2D eigenvalue weighted by molar-refractivity contribution is 0.186. The van der Waals surface area contributed by atoms with E-state index in [1.54, 1.807) is 0 Å². The van der Waals surface area contributed by atoms with Crippen LogP contribution in [0.25, 0.3) is 0 Å². The van der Waals surface area contributed by atoms with Gasteiger partial charge in [-0.15, -0.1) is 0 Å². The number of carbonyl (C=O) groups is 1. The second kappa shape index (κ2) is 8.87. The average Bonchev–Trinajstić information content (AvgIpc) is 3.46. The van der Waals surface area contributed by atoms with Gasteiger partial charge in [-0.05, 0) is 57.7 Å². The van der Waals surface area contributed by atoms with Gasteiger partial charge < -0.3 is 15.5 Å². The lowest BCUT2D eigenvalue weighted by Crippen LogP contribution is -2.48. The lowest BCUT2D eigenvalue weighted by atomic mass is 10.1. The third kappa shape index (κ3) is 5.45. The van der Waals surface area contributed by atoms with E-state index in [-0.39, 0.29) is 6.03 Å². The summed E-state index contributed by atoms with van der Waals surface area (Å²) in [4.78, 5) is 17.2. The van der Waals surface area contributed by atoms with E-state index in [0.717, 1.165) is 38.5 Å². The largest absolute Gasteiger partial charge is 0.335 e. The van der Waals surface area contributed by atoms with E-state index < -0.39 is 0 Å². The zero-order valence-electron chi connectivity index (χ0n) is 16.5. The highest BCUT2D eigenvalue weighted by Gasteiger charge is 2.32. The maximum Gasteiger partial charge on any atom is 0.315 e. The molecule has 3 rings (SSSR count). The van der Waals surface area contributed by atoms with Gasteiger partial charge in [-0.2, -0.15) is 0 Å². The monoisotopic (exact) mass is 358 g/mol. The molecule has 2 aliphatic rings. The first-order valence-electron chi connectivity index (χ1n) is 10.1. The molecule has 1 heterocycles. The van der Waals surface area contributed by atoms with Crippen LogP contribution < -0.4 is 10.6 Å². The molecule has 5 heteroatoms. The molecule has 2 fully saturated rings. The van der Waals surface area contributed by atoms with Crippen LogP contribution in [0, 0.1) is 0 Å². The van der Waals surface area contributed by atoms with E-state index >= 15 is 0 Å². The number of carbonyl (C=O) groups excluding carboxylic acids is 1. The number of hydrogen-bond acceptors (Lipinski definition) is 3. The molecule has 26 heavy (non-hydrogen) atoms. The van der Waals surface area contributed by atoms with Crippen molar-refractivity contribution in [2.24, 2.45) is 0 Å². The van der Waals surface area contributed by atoms with Gasteiger partial charge in [0.2, 0.25) is 0 Å². The number of piperidine rings is 1. The van der Waals surface area contributed by atoms with Crippen LogP contribution in [-0.2, 0) is 13.1 Å². The Morgan fingerprint density at radius 1 is 1.15 bits per heavy atom. The van der Waals surface area contributed by atoms with Crippen LogP contribution in [0.15, 0.2) is 24.3 Å². The molecule has 1 saturated heterocycles. The van der Waals surface area contributed by atoms with Crippen molar-refractivity contribution < 1.29 is 4.79 Å². The smallest absolute Gasteiger partial charge is 0.315 e. The molecule has 1 aliphatic heterocycles. The second-order valence-corrected chi connectivity index (χ2v) is 8.15. The highest BCUT2D eigenvalue weighted by atomic mass is 16.2. The molecule has 1 aliphatic carbocycles. The summed E-state index contributed by atoms with van der Waals surface area (Å²) in [5, 5.41) is 6.21. The van der Waals surface area contributed by atoms with Crippen LogP contribution >= 0.6 is 0 Å². The minimum Gasteiger partial charge on any atom is -0.335 e. The van der Waals surface area contributed by atoms with Gasteiger partial charge in [0.1, 0.15) is 0 Å². The zero-order valence-corrected chi connectivity index (χ0v) is 16.5. The van der Waals surface area contributed by atoms with E-state index in [1.807, 2.05) is 6.07 Å². The Morgan fingerprint density at radius 2 is 1.81 bits per heavy atom. The number of likely N-dealkylation sites (tertiary alicyclic amines) is 1. The first kappa shape index (κ1) is 19.2. The Hall–Kier alpha value is -1.59. The molecule has 0 spiro atoms. The van der Waals surface area contributed by atoms with Crippen LogP contribution in [0.2, 0.25) is 0 Å². The molecule has 2 N–H and O–H groups in total. The van der Waals surface area contributed by atoms with Gasteiger partial charge in [-0.1, -0.05) is 24.3 Å². The van der Waals surface area contributed by atoms with Crippen LogP contribution in [0.5, 0.6) is 0 Å². The van der Waals surface area contributed by atoms with Crippen molar-refractivity contribution in [3.05, 3.63) is 35.4 Å². The van der Waals surface area contributed by atoms with Crippen molar-refractivity contribution in [2.45, 2.75) is 70.7 Å². The van der Waals surface area contributed by atoms with Crippen molar-refractivity contribution in [1.29, 1.82) is 0 Å². The molecule has 1 saturated carbocycles. The maximum atomic E-state index is 12.3. The van der Waals surface area contributed by atoms with Crippen molar-refractivity contribution in [1.82, 2.24) is 20.4 Å². The standard InChI is InChI=1S/C21H34N4O/c1-16(2)24(3)15-18-7-5-4-6-17(18)14-22-21(26)23-19-10-12-25(13-11-19)20-8-9-20/h4-7,16,19-20H,8-15H2,1-3H3,(H2,22,23,26). The SMILES string of the molecule is CC(C)N(C)Cc1ccccc1CNC(=O)NC1CCN(C2CC2)CC1. The fourth-order valence-electron chi connectivity index (χ4n) is 3.60. The first-order chi connectivity index (χ1) is 12.5. The molecule has 0 radical (unpaired) electrons. The summed E-state index contributed by atoms with van der Waals surface area (Å²) in [7, 11) is 2.13. The fraction of sp³-hybridized carbons (Fsp3) is 0.667. The summed E-state index contributed by atoms with van der Waals surface area (Å²) in [6, 6.07) is 9.99. The van der Waals surface area contributed by atoms with E-state index in [2.05, 4.69) is 59.5 Å². The van der Waals surface area contributed by atoms with Crippen LogP contribution in [-0.4, -0.2) is 54.1 Å². The summed E-state index contributed by atoms with van der Waals surface area (Å²) >= 11 is 0. The number of rotatable bonds is 7. The van der Waals surface area contributed by atoms with Gasteiger partial charge in [-0.3, -0.25) is 4.90 Å². The summed E-state index contributed by atoms with van der Waals surface area (Å²) in [6.45, 7) is 8.12. The predicted molar refractivity (Wildman–Crippen MR) is 106 cm³/mol. The predicted octanol–water partition coefficient (Wildman–Crippen LogP) is 2.95. The molecule has 144 valence electrons. The highest BCUT2D eigenvalue weighted by Crippen LogP contribution is 2.29. The Labute approximate surface area is 158 Å². The maximum absolute atomic E-state index is 12.3. The van der Waals surface area contributed by atoms with Crippen molar-refractivity contribution in [2.75, 3.05) is 20.1 Å². The van der Waals surface area contributed by atoms with Gasteiger partial charge in [0.25, 0.3) is 0 Å². The molecule has 0 atom stereocenters. The number of benzene rings is 1. The number of urea groups is 1. The summed E-state index contributed by atoms with van der Waals surface area (Å²) in [6.07, 6.45) is 4.87. The van der Waals surface area contributed by atoms with Gasteiger partial charge in [-0.25, -0.2) is 4.79 Å². The van der Waals surface area contributed by atoms with Crippen molar-refractivity contribution >= 4 is 6.03 Å². The van der Waals surface area contributed by atoms with E-state index in [4.69, 9.17) is 0 Å². The number of nitrogens with zero attached hydrogens (tertiary/aromatic N) is 2. The Kier molecular flexibility index (Phi) is 6.54. The van der Waals surface area contributed by atoms with Crippen LogP contribution in [0.3, 0.4) is 0 Å². The highest BCUT2D eigenvalue weighted by molar-refractivity contribution is 5.74. The number of hydrogen-bond donors (Lipinski definition) is 2. The molecule has 2 amide bonds.